The number of amides is 1. The first kappa shape index (κ1) is 14.1. The Kier molecular flexibility index (Phi) is 4.20. The average molecular weight is 287 g/mol. The van der Waals surface area contributed by atoms with Crippen LogP contribution in [0.3, 0.4) is 0 Å². The molecule has 21 heavy (non-hydrogen) atoms. The second kappa shape index (κ2) is 6.26. The average Bonchev–Trinajstić information content (AvgIpc) is 2.51. The Morgan fingerprint density at radius 2 is 2.24 bits per heavy atom. The molecule has 3 rings (SSSR count). The molecule has 1 unspecified atom stereocenters. The van der Waals surface area contributed by atoms with Crippen LogP contribution in [0.5, 0.6) is 5.88 Å². The van der Waals surface area contributed by atoms with E-state index in [4.69, 9.17) is 4.74 Å². The zero-order valence-electron chi connectivity index (χ0n) is 12.3. The molecule has 0 bridgehead atoms. The molecule has 1 aliphatic carbocycles. The summed E-state index contributed by atoms with van der Waals surface area (Å²) in [4.78, 5) is 18.2. The molecule has 1 atom stereocenters. The highest BCUT2D eigenvalue weighted by molar-refractivity contribution is 5.95. The smallest absolute Gasteiger partial charge is 0.254 e. The van der Waals surface area contributed by atoms with Crippen LogP contribution in [0.4, 0.5) is 0 Å². The van der Waals surface area contributed by atoms with Crippen molar-refractivity contribution < 1.29 is 9.53 Å². The summed E-state index contributed by atoms with van der Waals surface area (Å²) in [5, 5.41) is 3.63. The van der Waals surface area contributed by atoms with Gasteiger partial charge in [-0.1, -0.05) is 12.2 Å². The van der Waals surface area contributed by atoms with Gasteiger partial charge in [0.1, 0.15) is 0 Å². The van der Waals surface area contributed by atoms with Crippen LogP contribution < -0.4 is 10.1 Å². The van der Waals surface area contributed by atoms with E-state index >= 15 is 0 Å². The number of likely N-dealkylation sites (tertiary alicyclic amines) is 1. The van der Waals surface area contributed by atoms with Crippen LogP contribution in [0.15, 0.2) is 30.5 Å². The lowest BCUT2D eigenvalue weighted by Crippen LogP contribution is -2.61. The van der Waals surface area contributed by atoms with Gasteiger partial charge in [-0.15, -0.1) is 0 Å². The monoisotopic (exact) mass is 287 g/mol. The second-order valence-corrected chi connectivity index (χ2v) is 5.64. The highest BCUT2D eigenvalue weighted by Gasteiger charge is 2.32. The SMILES string of the molecule is COc1cc(C(=O)N2CC(NC3CC=CCC3)C2)ccn1. The van der Waals surface area contributed by atoms with E-state index in [0.29, 0.717) is 23.5 Å². The van der Waals surface area contributed by atoms with Gasteiger partial charge in [-0.3, -0.25) is 4.79 Å². The van der Waals surface area contributed by atoms with Crippen LogP contribution in [0, 0.1) is 0 Å². The van der Waals surface area contributed by atoms with Crippen LogP contribution in [0.1, 0.15) is 29.6 Å². The van der Waals surface area contributed by atoms with Gasteiger partial charge >= 0.3 is 0 Å². The van der Waals surface area contributed by atoms with Crippen molar-refractivity contribution in [2.75, 3.05) is 20.2 Å². The number of rotatable bonds is 4. The molecule has 2 heterocycles. The fourth-order valence-corrected chi connectivity index (χ4v) is 2.86. The minimum absolute atomic E-state index is 0.0530. The lowest BCUT2D eigenvalue weighted by atomic mass is 9.99. The summed E-state index contributed by atoms with van der Waals surface area (Å²) >= 11 is 0. The van der Waals surface area contributed by atoms with Crippen LogP contribution in [0.25, 0.3) is 0 Å². The maximum absolute atomic E-state index is 12.3. The van der Waals surface area contributed by atoms with Crippen molar-refractivity contribution in [3.63, 3.8) is 0 Å². The van der Waals surface area contributed by atoms with E-state index in [1.165, 1.54) is 6.42 Å². The topological polar surface area (TPSA) is 54.5 Å². The molecule has 2 aliphatic rings. The number of hydrogen-bond donors (Lipinski definition) is 1. The lowest BCUT2D eigenvalue weighted by Gasteiger charge is -2.41. The number of carbonyl (C=O) groups is 1. The predicted octanol–water partition coefficient (Wildman–Crippen LogP) is 1.61. The van der Waals surface area contributed by atoms with Gasteiger partial charge in [0.2, 0.25) is 5.88 Å². The van der Waals surface area contributed by atoms with E-state index in [2.05, 4.69) is 22.5 Å². The lowest BCUT2D eigenvalue weighted by molar-refractivity contribution is 0.0549. The predicted molar refractivity (Wildman–Crippen MR) is 80.4 cm³/mol. The molecular formula is C16H21N3O2. The molecule has 1 amide bonds. The summed E-state index contributed by atoms with van der Waals surface area (Å²) in [5.74, 6) is 0.530. The molecule has 1 fully saturated rings. The number of aromatic nitrogens is 1. The van der Waals surface area contributed by atoms with Crippen molar-refractivity contribution in [3.05, 3.63) is 36.0 Å². The first-order valence-electron chi connectivity index (χ1n) is 7.46. The van der Waals surface area contributed by atoms with Crippen LogP contribution in [0.2, 0.25) is 0 Å². The van der Waals surface area contributed by atoms with Gasteiger partial charge in [0.15, 0.2) is 0 Å². The largest absolute Gasteiger partial charge is 0.481 e. The number of ether oxygens (including phenoxy) is 1. The Morgan fingerprint density at radius 1 is 1.38 bits per heavy atom. The Balaban J connectivity index is 1.51. The number of carbonyl (C=O) groups excluding carboxylic acids is 1. The maximum Gasteiger partial charge on any atom is 0.254 e. The summed E-state index contributed by atoms with van der Waals surface area (Å²) in [7, 11) is 1.55. The van der Waals surface area contributed by atoms with Gasteiger partial charge in [-0.05, 0) is 25.3 Å². The van der Waals surface area contributed by atoms with E-state index in [9.17, 15) is 4.79 Å². The van der Waals surface area contributed by atoms with Gasteiger partial charge < -0.3 is 15.0 Å². The van der Waals surface area contributed by atoms with Gasteiger partial charge in [-0.25, -0.2) is 4.98 Å². The summed E-state index contributed by atoms with van der Waals surface area (Å²) in [6, 6.07) is 4.42. The first-order chi connectivity index (χ1) is 10.3. The Hall–Kier alpha value is -1.88. The fourth-order valence-electron chi connectivity index (χ4n) is 2.86. The molecule has 1 N–H and O–H groups in total. The second-order valence-electron chi connectivity index (χ2n) is 5.64. The summed E-state index contributed by atoms with van der Waals surface area (Å²) in [6.07, 6.45) is 9.55. The van der Waals surface area contributed by atoms with Crippen LogP contribution in [-0.4, -0.2) is 48.1 Å². The number of nitrogens with one attached hydrogen (secondary N) is 1. The van der Waals surface area contributed by atoms with Gasteiger partial charge in [0.05, 0.1) is 7.11 Å². The minimum Gasteiger partial charge on any atom is -0.481 e. The van der Waals surface area contributed by atoms with E-state index in [-0.39, 0.29) is 5.91 Å². The molecule has 0 radical (unpaired) electrons. The number of nitrogens with zero attached hydrogens (tertiary/aromatic N) is 2. The summed E-state index contributed by atoms with van der Waals surface area (Å²) in [5.41, 5.74) is 0.640. The molecule has 5 nitrogen and oxygen atoms in total. The standard InChI is InChI=1S/C16H21N3O2/c1-21-15-9-12(7-8-17-15)16(20)19-10-14(11-19)18-13-5-3-2-4-6-13/h2-3,7-9,13-14,18H,4-6,10-11H2,1H3. The number of allylic oxidation sites excluding steroid dienone is 1. The Bertz CT molecular complexity index is 538. The molecule has 0 aromatic carbocycles. The van der Waals surface area contributed by atoms with Crippen molar-refractivity contribution in [2.45, 2.75) is 31.3 Å². The molecule has 0 saturated carbocycles. The van der Waals surface area contributed by atoms with E-state index in [1.54, 1.807) is 25.4 Å². The zero-order valence-corrected chi connectivity index (χ0v) is 12.3. The molecule has 1 saturated heterocycles. The highest BCUT2D eigenvalue weighted by atomic mass is 16.5. The van der Waals surface area contributed by atoms with Crippen molar-refractivity contribution in [1.29, 1.82) is 0 Å². The fraction of sp³-hybridized carbons (Fsp3) is 0.500. The third-order valence-corrected chi connectivity index (χ3v) is 4.10. The van der Waals surface area contributed by atoms with Crippen molar-refractivity contribution in [3.8, 4) is 5.88 Å². The van der Waals surface area contributed by atoms with Crippen LogP contribution in [-0.2, 0) is 0 Å². The van der Waals surface area contributed by atoms with Crippen molar-refractivity contribution in [2.24, 2.45) is 0 Å². The van der Waals surface area contributed by atoms with E-state index in [1.807, 2.05) is 4.90 Å². The Morgan fingerprint density at radius 3 is 2.95 bits per heavy atom. The molecular weight excluding hydrogens is 266 g/mol. The van der Waals surface area contributed by atoms with E-state index < -0.39 is 0 Å². The van der Waals surface area contributed by atoms with Gasteiger partial charge in [0.25, 0.3) is 5.91 Å². The maximum atomic E-state index is 12.3. The molecule has 112 valence electrons. The van der Waals surface area contributed by atoms with Crippen molar-refractivity contribution in [1.82, 2.24) is 15.2 Å². The number of hydrogen-bond acceptors (Lipinski definition) is 4. The third kappa shape index (κ3) is 3.24. The highest BCUT2D eigenvalue weighted by Crippen LogP contribution is 2.18. The molecule has 0 spiro atoms. The van der Waals surface area contributed by atoms with E-state index in [0.717, 1.165) is 25.9 Å². The van der Waals surface area contributed by atoms with Gasteiger partial charge in [-0.2, -0.15) is 0 Å². The molecule has 1 aromatic heterocycles. The minimum atomic E-state index is 0.0530. The van der Waals surface area contributed by atoms with Gasteiger partial charge in [0, 0.05) is 43.0 Å². The normalized spacial score (nSPS) is 22.0. The quantitative estimate of drug-likeness (QED) is 0.855. The van der Waals surface area contributed by atoms with Crippen molar-refractivity contribution >= 4 is 5.91 Å². The molecule has 5 heteroatoms. The third-order valence-electron chi connectivity index (χ3n) is 4.10. The first-order valence-corrected chi connectivity index (χ1v) is 7.46. The molecule has 1 aliphatic heterocycles. The zero-order chi connectivity index (χ0) is 14.7. The summed E-state index contributed by atoms with van der Waals surface area (Å²) in [6.45, 7) is 1.56. The molecule has 1 aromatic rings. The van der Waals surface area contributed by atoms with Crippen LogP contribution >= 0.6 is 0 Å². The Labute approximate surface area is 125 Å². The number of pyridine rings is 1. The number of methoxy groups -OCH3 is 1. The summed E-state index contributed by atoms with van der Waals surface area (Å²) < 4.78 is 5.06.